The maximum atomic E-state index is 12.3. The molecule has 0 saturated heterocycles. The van der Waals surface area contributed by atoms with Crippen LogP contribution in [0.1, 0.15) is 38.2 Å². The van der Waals surface area contributed by atoms with Gasteiger partial charge in [-0.1, -0.05) is 25.8 Å². The molecule has 1 aromatic rings. The minimum absolute atomic E-state index is 0.170. The largest absolute Gasteiger partial charge is 0.493 e. The molecule has 0 heterocycles. The average molecular weight is 349 g/mol. The van der Waals surface area contributed by atoms with Crippen molar-refractivity contribution in [2.75, 3.05) is 34.4 Å². The number of rotatable bonds is 8. The molecule has 1 aliphatic rings. The second-order valence-electron chi connectivity index (χ2n) is 7.26. The van der Waals surface area contributed by atoms with Gasteiger partial charge in [0.25, 0.3) is 5.91 Å². The smallest absolute Gasteiger partial charge is 0.275 e. The zero-order valence-corrected chi connectivity index (χ0v) is 16.1. The van der Waals surface area contributed by atoms with Crippen molar-refractivity contribution in [1.82, 2.24) is 5.32 Å². The van der Waals surface area contributed by atoms with Crippen LogP contribution in [-0.4, -0.2) is 46.3 Å². The lowest BCUT2D eigenvalue weighted by Gasteiger charge is -2.29. The standard InChI is InChI=1S/C20H32N2O3/c1-15-7-5-6-8-17(15)21-20(23)14-22(2)12-11-16-9-10-18(24-3)19(13-16)25-4/h9-10,13,15,17H,5-8,11-12,14H2,1-4H3,(H,21,23)/p+1/t15-,17+/m1/s1. The SMILES string of the molecule is COc1ccc(CC[NH+](C)CC(=O)N[C@H]2CCCC[C@H]2C)cc1OC. The highest BCUT2D eigenvalue weighted by molar-refractivity contribution is 5.77. The number of hydrogen-bond donors (Lipinski definition) is 2. The average Bonchev–Trinajstić information content (AvgIpc) is 2.61. The number of ether oxygens (including phenoxy) is 2. The summed E-state index contributed by atoms with van der Waals surface area (Å²) in [5.74, 6) is 2.27. The van der Waals surface area contributed by atoms with E-state index in [1.54, 1.807) is 14.2 Å². The van der Waals surface area contributed by atoms with Crippen LogP contribution in [0.15, 0.2) is 18.2 Å². The van der Waals surface area contributed by atoms with Crippen LogP contribution in [0.2, 0.25) is 0 Å². The van der Waals surface area contributed by atoms with E-state index < -0.39 is 0 Å². The first-order valence-electron chi connectivity index (χ1n) is 9.35. The monoisotopic (exact) mass is 349 g/mol. The molecule has 1 fully saturated rings. The van der Waals surface area contributed by atoms with E-state index in [9.17, 15) is 4.79 Å². The van der Waals surface area contributed by atoms with Crippen LogP contribution in [0.25, 0.3) is 0 Å². The molecule has 2 rings (SSSR count). The van der Waals surface area contributed by atoms with E-state index in [-0.39, 0.29) is 5.91 Å². The van der Waals surface area contributed by atoms with E-state index in [1.807, 2.05) is 12.1 Å². The maximum absolute atomic E-state index is 12.3. The lowest BCUT2D eigenvalue weighted by Crippen LogP contribution is -3.10. The summed E-state index contributed by atoms with van der Waals surface area (Å²) in [6, 6.07) is 6.36. The Labute approximate surface area is 151 Å². The Hall–Kier alpha value is -1.75. The molecule has 0 radical (unpaired) electrons. The van der Waals surface area contributed by atoms with Gasteiger partial charge in [0.05, 0.1) is 27.8 Å². The fourth-order valence-corrected chi connectivity index (χ4v) is 3.54. The number of nitrogens with one attached hydrogen (secondary N) is 2. The number of likely N-dealkylation sites (N-methyl/N-ethyl adjacent to an activating group) is 1. The van der Waals surface area contributed by atoms with Gasteiger partial charge < -0.3 is 19.7 Å². The Bertz CT molecular complexity index is 562. The molecule has 1 aromatic carbocycles. The third-order valence-electron chi connectivity index (χ3n) is 5.21. The number of hydrogen-bond acceptors (Lipinski definition) is 3. The van der Waals surface area contributed by atoms with E-state index in [1.165, 1.54) is 29.7 Å². The van der Waals surface area contributed by atoms with Gasteiger partial charge in [-0.2, -0.15) is 0 Å². The molecule has 5 nitrogen and oxygen atoms in total. The van der Waals surface area contributed by atoms with Crippen molar-refractivity contribution < 1.29 is 19.2 Å². The Kier molecular flexibility index (Phi) is 7.56. The summed E-state index contributed by atoms with van der Waals surface area (Å²) in [4.78, 5) is 13.5. The molecule has 0 spiro atoms. The molecular weight excluding hydrogens is 316 g/mol. The first-order chi connectivity index (χ1) is 12.0. The predicted molar refractivity (Wildman–Crippen MR) is 99.4 cm³/mol. The number of benzene rings is 1. The summed E-state index contributed by atoms with van der Waals surface area (Å²) in [5, 5.41) is 3.23. The molecule has 5 heteroatoms. The molecular formula is C20H33N2O3+. The lowest BCUT2D eigenvalue weighted by molar-refractivity contribution is -0.871. The highest BCUT2D eigenvalue weighted by atomic mass is 16.5. The fraction of sp³-hybridized carbons (Fsp3) is 0.650. The summed E-state index contributed by atoms with van der Waals surface area (Å²) in [5.41, 5.74) is 1.19. The topological polar surface area (TPSA) is 52.0 Å². The molecule has 1 aliphatic carbocycles. The quantitative estimate of drug-likeness (QED) is 0.747. The number of carbonyl (C=O) groups is 1. The maximum Gasteiger partial charge on any atom is 0.275 e. The van der Waals surface area contributed by atoms with E-state index in [0.29, 0.717) is 18.5 Å². The molecule has 25 heavy (non-hydrogen) atoms. The van der Waals surface area contributed by atoms with E-state index in [0.717, 1.165) is 30.9 Å². The van der Waals surface area contributed by atoms with Crippen LogP contribution in [0, 0.1) is 5.92 Å². The van der Waals surface area contributed by atoms with Crippen LogP contribution in [0.5, 0.6) is 11.5 Å². The highest BCUT2D eigenvalue weighted by Gasteiger charge is 2.23. The van der Waals surface area contributed by atoms with Crippen LogP contribution in [0.3, 0.4) is 0 Å². The number of methoxy groups -OCH3 is 2. The third kappa shape index (κ3) is 5.92. The number of amides is 1. The molecule has 1 amide bonds. The zero-order valence-electron chi connectivity index (χ0n) is 16.1. The van der Waals surface area contributed by atoms with Gasteiger partial charge in [0.1, 0.15) is 0 Å². The Morgan fingerprint density at radius 3 is 2.60 bits per heavy atom. The van der Waals surface area contributed by atoms with Crippen molar-refractivity contribution in [3.63, 3.8) is 0 Å². The van der Waals surface area contributed by atoms with Crippen LogP contribution in [-0.2, 0) is 11.2 Å². The number of quaternary nitrogens is 1. The molecule has 2 N–H and O–H groups in total. The zero-order chi connectivity index (χ0) is 18.2. The molecule has 140 valence electrons. The Balaban J connectivity index is 1.78. The van der Waals surface area contributed by atoms with E-state index in [2.05, 4.69) is 25.4 Å². The third-order valence-corrected chi connectivity index (χ3v) is 5.21. The van der Waals surface area contributed by atoms with Gasteiger partial charge in [0.2, 0.25) is 0 Å². The first kappa shape index (κ1) is 19.6. The minimum Gasteiger partial charge on any atom is -0.493 e. The van der Waals surface area contributed by atoms with Gasteiger partial charge in [-0.25, -0.2) is 0 Å². The van der Waals surface area contributed by atoms with Gasteiger partial charge >= 0.3 is 0 Å². The van der Waals surface area contributed by atoms with Crippen molar-refractivity contribution in [3.8, 4) is 11.5 Å². The van der Waals surface area contributed by atoms with Gasteiger partial charge in [0.15, 0.2) is 18.0 Å². The van der Waals surface area contributed by atoms with Gasteiger partial charge in [0, 0.05) is 12.5 Å². The highest BCUT2D eigenvalue weighted by Crippen LogP contribution is 2.27. The van der Waals surface area contributed by atoms with Crippen molar-refractivity contribution in [1.29, 1.82) is 0 Å². The van der Waals surface area contributed by atoms with Crippen LogP contribution >= 0.6 is 0 Å². The van der Waals surface area contributed by atoms with Gasteiger partial charge in [-0.15, -0.1) is 0 Å². The predicted octanol–water partition coefficient (Wildman–Crippen LogP) is 1.46. The van der Waals surface area contributed by atoms with E-state index in [4.69, 9.17) is 9.47 Å². The summed E-state index contributed by atoms with van der Waals surface area (Å²) in [6.07, 6.45) is 5.78. The van der Waals surface area contributed by atoms with Crippen molar-refractivity contribution >= 4 is 5.91 Å². The van der Waals surface area contributed by atoms with Gasteiger partial charge in [-0.05, 0) is 36.5 Å². The summed E-state index contributed by atoms with van der Waals surface area (Å²) in [7, 11) is 5.36. The van der Waals surface area contributed by atoms with Crippen LogP contribution in [0.4, 0.5) is 0 Å². The molecule has 0 bridgehead atoms. The van der Waals surface area contributed by atoms with E-state index >= 15 is 0 Å². The Morgan fingerprint density at radius 2 is 1.92 bits per heavy atom. The van der Waals surface area contributed by atoms with Gasteiger partial charge in [-0.3, -0.25) is 4.79 Å². The Morgan fingerprint density at radius 1 is 1.20 bits per heavy atom. The molecule has 1 unspecified atom stereocenters. The lowest BCUT2D eigenvalue weighted by atomic mass is 9.86. The molecule has 3 atom stereocenters. The summed E-state index contributed by atoms with van der Waals surface area (Å²) >= 11 is 0. The van der Waals surface area contributed by atoms with Crippen molar-refractivity contribution in [3.05, 3.63) is 23.8 Å². The molecule has 0 aromatic heterocycles. The molecule has 1 saturated carbocycles. The summed E-state index contributed by atoms with van der Waals surface area (Å²) in [6.45, 7) is 3.68. The fourth-order valence-electron chi connectivity index (χ4n) is 3.54. The van der Waals surface area contributed by atoms with Crippen molar-refractivity contribution in [2.45, 2.75) is 45.1 Å². The molecule has 0 aliphatic heterocycles. The number of carbonyl (C=O) groups excluding carboxylic acids is 1. The van der Waals surface area contributed by atoms with Crippen LogP contribution < -0.4 is 19.7 Å². The first-order valence-corrected chi connectivity index (χ1v) is 9.35. The normalized spacial score (nSPS) is 21.4. The summed E-state index contributed by atoms with van der Waals surface area (Å²) < 4.78 is 10.6. The second-order valence-corrected chi connectivity index (χ2v) is 7.26. The minimum atomic E-state index is 0.170. The second kappa shape index (κ2) is 9.66. The van der Waals surface area contributed by atoms with Crippen molar-refractivity contribution in [2.24, 2.45) is 5.92 Å².